The minimum absolute atomic E-state index is 0.314. The van der Waals surface area contributed by atoms with Crippen LogP contribution in [0.15, 0.2) is 0 Å². The fraction of sp³-hybridized carbons (Fsp3) is 1.00. The SMILES string of the molecule is CNC(C)CCSCC(C)CO. The van der Waals surface area contributed by atoms with E-state index in [4.69, 9.17) is 5.11 Å². The molecule has 0 aromatic rings. The molecule has 0 aromatic carbocycles. The van der Waals surface area contributed by atoms with Gasteiger partial charge in [0.05, 0.1) is 0 Å². The van der Waals surface area contributed by atoms with Crippen molar-refractivity contribution >= 4 is 11.8 Å². The van der Waals surface area contributed by atoms with Crippen LogP contribution in [0.1, 0.15) is 20.3 Å². The molecule has 2 nitrogen and oxygen atoms in total. The minimum atomic E-state index is 0.314. The summed E-state index contributed by atoms with van der Waals surface area (Å²) in [6.07, 6.45) is 1.21. The zero-order valence-electron chi connectivity index (χ0n) is 8.34. The van der Waals surface area contributed by atoms with Crippen LogP contribution in [-0.2, 0) is 0 Å². The van der Waals surface area contributed by atoms with Gasteiger partial charge in [-0.05, 0) is 37.8 Å². The Hall–Kier alpha value is 0.270. The zero-order chi connectivity index (χ0) is 9.40. The van der Waals surface area contributed by atoms with Gasteiger partial charge in [0, 0.05) is 12.6 Å². The maximum absolute atomic E-state index is 8.76. The van der Waals surface area contributed by atoms with Gasteiger partial charge in [0.1, 0.15) is 0 Å². The smallest absolute Gasteiger partial charge is 0.0464 e. The van der Waals surface area contributed by atoms with Crippen LogP contribution in [0, 0.1) is 5.92 Å². The first-order valence-electron chi connectivity index (χ1n) is 4.56. The molecule has 0 saturated carbocycles. The third-order valence-corrected chi connectivity index (χ3v) is 3.23. The summed E-state index contributed by atoms with van der Waals surface area (Å²) in [5, 5.41) is 12.0. The Balaban J connectivity index is 3.10. The Morgan fingerprint density at radius 1 is 1.42 bits per heavy atom. The number of rotatable bonds is 7. The lowest BCUT2D eigenvalue weighted by molar-refractivity contribution is 0.250. The molecular formula is C9H21NOS. The standard InChI is InChI=1S/C9H21NOS/c1-8(6-11)7-12-5-4-9(2)10-3/h8-11H,4-7H2,1-3H3. The number of aliphatic hydroxyl groups excluding tert-OH is 1. The molecule has 0 aliphatic heterocycles. The van der Waals surface area contributed by atoms with E-state index < -0.39 is 0 Å². The van der Waals surface area contributed by atoms with Gasteiger partial charge in [-0.15, -0.1) is 0 Å². The van der Waals surface area contributed by atoms with Crippen molar-refractivity contribution in [1.29, 1.82) is 0 Å². The summed E-state index contributed by atoms with van der Waals surface area (Å²) in [4.78, 5) is 0. The van der Waals surface area contributed by atoms with Crippen LogP contribution in [-0.4, -0.2) is 36.3 Å². The first-order chi connectivity index (χ1) is 5.70. The van der Waals surface area contributed by atoms with Crippen LogP contribution in [0.3, 0.4) is 0 Å². The normalized spacial score (nSPS) is 16.0. The number of thioether (sulfide) groups is 1. The fourth-order valence-electron chi connectivity index (χ4n) is 0.742. The molecule has 12 heavy (non-hydrogen) atoms. The summed E-state index contributed by atoms with van der Waals surface area (Å²) >= 11 is 1.93. The quantitative estimate of drug-likeness (QED) is 0.596. The van der Waals surface area contributed by atoms with Gasteiger partial charge in [0.25, 0.3) is 0 Å². The fourth-order valence-corrected chi connectivity index (χ4v) is 1.94. The van der Waals surface area contributed by atoms with E-state index in [1.807, 2.05) is 18.8 Å². The lowest BCUT2D eigenvalue weighted by Gasteiger charge is -2.10. The van der Waals surface area contributed by atoms with E-state index in [9.17, 15) is 0 Å². The summed E-state index contributed by atoms with van der Waals surface area (Å²) in [6, 6.07) is 0.613. The Bertz CT molecular complexity index is 88.5. The average Bonchev–Trinajstić information content (AvgIpc) is 2.11. The molecular weight excluding hydrogens is 170 g/mol. The van der Waals surface area contributed by atoms with Crippen molar-refractivity contribution in [1.82, 2.24) is 5.32 Å². The van der Waals surface area contributed by atoms with E-state index in [1.54, 1.807) is 0 Å². The van der Waals surface area contributed by atoms with E-state index >= 15 is 0 Å². The third kappa shape index (κ3) is 6.95. The maximum Gasteiger partial charge on any atom is 0.0464 e. The molecule has 2 atom stereocenters. The van der Waals surface area contributed by atoms with Crippen molar-refractivity contribution in [2.45, 2.75) is 26.3 Å². The van der Waals surface area contributed by atoms with Crippen molar-refractivity contribution in [3.05, 3.63) is 0 Å². The Kier molecular flexibility index (Phi) is 8.07. The number of hydrogen-bond donors (Lipinski definition) is 2. The molecule has 3 heteroatoms. The summed E-state index contributed by atoms with van der Waals surface area (Å²) in [5.74, 6) is 2.71. The van der Waals surface area contributed by atoms with Gasteiger partial charge in [-0.2, -0.15) is 11.8 Å². The van der Waals surface area contributed by atoms with Crippen LogP contribution >= 0.6 is 11.8 Å². The van der Waals surface area contributed by atoms with Crippen molar-refractivity contribution in [2.24, 2.45) is 5.92 Å². The molecule has 0 heterocycles. The summed E-state index contributed by atoms with van der Waals surface area (Å²) in [6.45, 7) is 4.58. The Labute approximate surface area is 80.1 Å². The Morgan fingerprint density at radius 2 is 2.08 bits per heavy atom. The second-order valence-corrected chi connectivity index (χ2v) is 4.49. The average molecular weight is 191 g/mol. The third-order valence-electron chi connectivity index (χ3n) is 1.90. The van der Waals surface area contributed by atoms with Crippen molar-refractivity contribution in [3.63, 3.8) is 0 Å². The van der Waals surface area contributed by atoms with Gasteiger partial charge in [-0.25, -0.2) is 0 Å². The highest BCUT2D eigenvalue weighted by atomic mass is 32.2. The molecule has 0 rings (SSSR count). The van der Waals surface area contributed by atoms with Gasteiger partial charge < -0.3 is 10.4 Å². The van der Waals surface area contributed by atoms with E-state index in [1.165, 1.54) is 12.2 Å². The first kappa shape index (κ1) is 12.3. The molecule has 2 N–H and O–H groups in total. The highest BCUT2D eigenvalue weighted by Gasteiger charge is 2.01. The van der Waals surface area contributed by atoms with Crippen LogP contribution in [0.25, 0.3) is 0 Å². The predicted octanol–water partition coefficient (Wildman–Crippen LogP) is 1.35. The largest absolute Gasteiger partial charge is 0.396 e. The molecule has 0 aliphatic carbocycles. The van der Waals surface area contributed by atoms with Gasteiger partial charge in [-0.1, -0.05) is 6.92 Å². The molecule has 0 fully saturated rings. The van der Waals surface area contributed by atoms with E-state index in [0.29, 0.717) is 18.6 Å². The number of nitrogens with one attached hydrogen (secondary N) is 1. The highest BCUT2D eigenvalue weighted by molar-refractivity contribution is 7.99. The molecule has 74 valence electrons. The van der Waals surface area contributed by atoms with Crippen molar-refractivity contribution < 1.29 is 5.11 Å². The molecule has 0 saturated heterocycles. The topological polar surface area (TPSA) is 32.3 Å². The lowest BCUT2D eigenvalue weighted by Crippen LogP contribution is -2.21. The molecule has 0 amide bonds. The predicted molar refractivity (Wildman–Crippen MR) is 56.7 cm³/mol. The second kappa shape index (κ2) is 7.90. The minimum Gasteiger partial charge on any atom is -0.396 e. The van der Waals surface area contributed by atoms with Gasteiger partial charge in [0.2, 0.25) is 0 Å². The molecule has 2 unspecified atom stereocenters. The monoisotopic (exact) mass is 191 g/mol. The van der Waals surface area contributed by atoms with Crippen molar-refractivity contribution in [2.75, 3.05) is 25.2 Å². The number of hydrogen-bond acceptors (Lipinski definition) is 3. The second-order valence-electron chi connectivity index (χ2n) is 3.34. The lowest BCUT2D eigenvalue weighted by atomic mass is 10.2. The van der Waals surface area contributed by atoms with Crippen LogP contribution in [0.2, 0.25) is 0 Å². The van der Waals surface area contributed by atoms with Gasteiger partial charge in [-0.3, -0.25) is 0 Å². The van der Waals surface area contributed by atoms with E-state index in [2.05, 4.69) is 19.2 Å². The van der Waals surface area contributed by atoms with E-state index in [0.717, 1.165) is 5.75 Å². The number of aliphatic hydroxyl groups is 1. The molecule has 0 aromatic heterocycles. The van der Waals surface area contributed by atoms with Gasteiger partial charge in [0.15, 0.2) is 0 Å². The van der Waals surface area contributed by atoms with E-state index in [-0.39, 0.29) is 0 Å². The highest BCUT2D eigenvalue weighted by Crippen LogP contribution is 2.09. The summed E-state index contributed by atoms with van der Waals surface area (Å²) in [7, 11) is 1.99. The van der Waals surface area contributed by atoms with Gasteiger partial charge >= 0.3 is 0 Å². The molecule has 0 spiro atoms. The molecule has 0 radical (unpaired) electrons. The van der Waals surface area contributed by atoms with Crippen molar-refractivity contribution in [3.8, 4) is 0 Å². The van der Waals surface area contributed by atoms with Crippen LogP contribution < -0.4 is 5.32 Å². The maximum atomic E-state index is 8.76. The summed E-state index contributed by atoms with van der Waals surface area (Å²) < 4.78 is 0. The molecule has 0 aliphatic rings. The van der Waals surface area contributed by atoms with Crippen LogP contribution in [0.5, 0.6) is 0 Å². The van der Waals surface area contributed by atoms with Crippen LogP contribution in [0.4, 0.5) is 0 Å². The molecule has 0 bridgehead atoms. The Morgan fingerprint density at radius 3 is 2.58 bits per heavy atom. The first-order valence-corrected chi connectivity index (χ1v) is 5.72. The zero-order valence-corrected chi connectivity index (χ0v) is 9.16. The summed E-state index contributed by atoms with van der Waals surface area (Å²) in [5.41, 5.74) is 0.